The Balaban J connectivity index is 2.91. The number of hydrogen-bond donors (Lipinski definition) is 3. The second-order valence-electron chi connectivity index (χ2n) is 3.70. The molecule has 0 heterocycles. The molecule has 96 valence electrons. The SMILES string of the molecule is COc1ccc(C(O)C(O)CCN)cc1OC. The fourth-order valence-corrected chi connectivity index (χ4v) is 1.59. The van der Waals surface area contributed by atoms with Crippen LogP contribution in [0.25, 0.3) is 0 Å². The number of hydrogen-bond acceptors (Lipinski definition) is 5. The van der Waals surface area contributed by atoms with E-state index in [-0.39, 0.29) is 0 Å². The highest BCUT2D eigenvalue weighted by Gasteiger charge is 2.19. The van der Waals surface area contributed by atoms with Crippen molar-refractivity contribution in [1.29, 1.82) is 0 Å². The lowest BCUT2D eigenvalue weighted by Gasteiger charge is -2.18. The average molecular weight is 241 g/mol. The number of aliphatic hydroxyl groups excluding tert-OH is 2. The van der Waals surface area contributed by atoms with Crippen LogP contribution in [0.4, 0.5) is 0 Å². The van der Waals surface area contributed by atoms with Crippen LogP contribution in [-0.4, -0.2) is 37.1 Å². The van der Waals surface area contributed by atoms with Crippen LogP contribution in [0.5, 0.6) is 11.5 Å². The first-order valence-electron chi connectivity index (χ1n) is 5.42. The van der Waals surface area contributed by atoms with Crippen molar-refractivity contribution < 1.29 is 19.7 Å². The van der Waals surface area contributed by atoms with Gasteiger partial charge in [-0.1, -0.05) is 6.07 Å². The summed E-state index contributed by atoms with van der Waals surface area (Å²) in [4.78, 5) is 0. The van der Waals surface area contributed by atoms with Crippen LogP contribution in [0.3, 0.4) is 0 Å². The lowest BCUT2D eigenvalue weighted by molar-refractivity contribution is 0.0149. The molecule has 0 saturated carbocycles. The topological polar surface area (TPSA) is 84.9 Å². The van der Waals surface area contributed by atoms with Gasteiger partial charge in [0.25, 0.3) is 0 Å². The highest BCUT2D eigenvalue weighted by molar-refractivity contribution is 5.43. The third-order valence-corrected chi connectivity index (χ3v) is 2.58. The Bertz CT molecular complexity index is 356. The molecular weight excluding hydrogens is 222 g/mol. The lowest BCUT2D eigenvalue weighted by Crippen LogP contribution is -2.21. The monoisotopic (exact) mass is 241 g/mol. The molecule has 4 N–H and O–H groups in total. The molecule has 0 fully saturated rings. The Hall–Kier alpha value is -1.30. The molecule has 2 unspecified atom stereocenters. The largest absolute Gasteiger partial charge is 0.493 e. The summed E-state index contributed by atoms with van der Waals surface area (Å²) in [6, 6.07) is 5.02. The Morgan fingerprint density at radius 1 is 1.18 bits per heavy atom. The van der Waals surface area contributed by atoms with E-state index in [4.69, 9.17) is 15.2 Å². The van der Waals surface area contributed by atoms with Crippen molar-refractivity contribution in [1.82, 2.24) is 0 Å². The number of benzene rings is 1. The van der Waals surface area contributed by atoms with Crippen molar-refractivity contribution in [2.75, 3.05) is 20.8 Å². The van der Waals surface area contributed by atoms with Crippen LogP contribution in [-0.2, 0) is 0 Å². The van der Waals surface area contributed by atoms with Gasteiger partial charge < -0.3 is 25.4 Å². The summed E-state index contributed by atoms with van der Waals surface area (Å²) in [6.07, 6.45) is -1.51. The number of rotatable bonds is 6. The van der Waals surface area contributed by atoms with E-state index in [0.29, 0.717) is 30.0 Å². The molecule has 5 nitrogen and oxygen atoms in total. The first-order valence-corrected chi connectivity index (χ1v) is 5.42. The molecule has 0 amide bonds. The first-order chi connectivity index (χ1) is 8.13. The summed E-state index contributed by atoms with van der Waals surface area (Å²) in [5.41, 5.74) is 5.90. The van der Waals surface area contributed by atoms with Gasteiger partial charge in [0.05, 0.1) is 20.3 Å². The van der Waals surface area contributed by atoms with Crippen LogP contribution in [0.15, 0.2) is 18.2 Å². The minimum absolute atomic E-state index is 0.325. The predicted molar refractivity (Wildman–Crippen MR) is 64.2 cm³/mol. The van der Waals surface area contributed by atoms with Crippen molar-refractivity contribution in [3.8, 4) is 11.5 Å². The zero-order valence-electron chi connectivity index (χ0n) is 10.1. The van der Waals surface area contributed by atoms with Gasteiger partial charge in [0.1, 0.15) is 6.10 Å². The molecule has 2 atom stereocenters. The van der Waals surface area contributed by atoms with Crippen molar-refractivity contribution in [3.63, 3.8) is 0 Å². The van der Waals surface area contributed by atoms with E-state index < -0.39 is 12.2 Å². The normalized spacial score (nSPS) is 14.2. The second kappa shape index (κ2) is 6.44. The van der Waals surface area contributed by atoms with Crippen molar-refractivity contribution in [3.05, 3.63) is 23.8 Å². The zero-order chi connectivity index (χ0) is 12.8. The zero-order valence-corrected chi connectivity index (χ0v) is 10.1. The summed E-state index contributed by atoms with van der Waals surface area (Å²) in [5, 5.41) is 19.6. The van der Waals surface area contributed by atoms with Gasteiger partial charge in [-0.25, -0.2) is 0 Å². The van der Waals surface area contributed by atoms with E-state index in [1.54, 1.807) is 18.2 Å². The van der Waals surface area contributed by atoms with E-state index in [1.165, 1.54) is 14.2 Å². The Labute approximate surface area is 101 Å². The molecule has 0 aliphatic carbocycles. The summed E-state index contributed by atoms with van der Waals surface area (Å²) in [6.45, 7) is 0.325. The highest BCUT2D eigenvalue weighted by atomic mass is 16.5. The van der Waals surface area contributed by atoms with Crippen LogP contribution >= 0.6 is 0 Å². The summed E-state index contributed by atoms with van der Waals surface area (Å²) in [7, 11) is 3.06. The number of aliphatic hydroxyl groups is 2. The van der Waals surface area contributed by atoms with Gasteiger partial charge in [-0.15, -0.1) is 0 Å². The van der Waals surface area contributed by atoms with Crippen LogP contribution in [0.1, 0.15) is 18.1 Å². The fourth-order valence-electron chi connectivity index (χ4n) is 1.59. The second-order valence-corrected chi connectivity index (χ2v) is 3.70. The van der Waals surface area contributed by atoms with Crippen LogP contribution in [0, 0.1) is 0 Å². The molecule has 0 aliphatic rings. The van der Waals surface area contributed by atoms with Gasteiger partial charge >= 0.3 is 0 Å². The number of ether oxygens (including phenoxy) is 2. The summed E-state index contributed by atoms with van der Waals surface area (Å²) < 4.78 is 10.2. The van der Waals surface area contributed by atoms with Gasteiger partial charge in [0.2, 0.25) is 0 Å². The van der Waals surface area contributed by atoms with Gasteiger partial charge in [-0.3, -0.25) is 0 Å². The maximum absolute atomic E-state index is 9.90. The Morgan fingerprint density at radius 2 is 1.82 bits per heavy atom. The maximum atomic E-state index is 9.90. The van der Waals surface area contributed by atoms with Crippen molar-refractivity contribution >= 4 is 0 Å². The molecule has 1 aromatic carbocycles. The molecule has 0 aromatic heterocycles. The van der Waals surface area contributed by atoms with E-state index >= 15 is 0 Å². The molecule has 0 aliphatic heterocycles. The fraction of sp³-hybridized carbons (Fsp3) is 0.500. The van der Waals surface area contributed by atoms with Gasteiger partial charge in [0, 0.05) is 0 Å². The summed E-state index contributed by atoms with van der Waals surface area (Å²) >= 11 is 0. The molecule has 17 heavy (non-hydrogen) atoms. The Morgan fingerprint density at radius 3 is 2.35 bits per heavy atom. The number of nitrogens with two attached hydrogens (primary N) is 1. The predicted octanol–water partition coefficient (Wildman–Crippen LogP) is 0.447. The van der Waals surface area contributed by atoms with E-state index in [2.05, 4.69) is 0 Å². The minimum atomic E-state index is -0.974. The van der Waals surface area contributed by atoms with Gasteiger partial charge in [0.15, 0.2) is 11.5 Å². The standard InChI is InChI=1S/C12H19NO4/c1-16-10-4-3-8(7-11(10)17-2)12(15)9(14)5-6-13/h3-4,7,9,12,14-15H,5-6,13H2,1-2H3. The molecule has 1 rings (SSSR count). The van der Waals surface area contributed by atoms with Crippen LogP contribution in [0.2, 0.25) is 0 Å². The third-order valence-electron chi connectivity index (χ3n) is 2.58. The molecule has 5 heteroatoms. The number of methoxy groups -OCH3 is 2. The minimum Gasteiger partial charge on any atom is -0.493 e. The maximum Gasteiger partial charge on any atom is 0.161 e. The lowest BCUT2D eigenvalue weighted by atomic mass is 10.0. The molecule has 0 saturated heterocycles. The van der Waals surface area contributed by atoms with Crippen molar-refractivity contribution in [2.24, 2.45) is 5.73 Å². The van der Waals surface area contributed by atoms with Gasteiger partial charge in [-0.05, 0) is 30.7 Å². The molecule has 0 bridgehead atoms. The van der Waals surface area contributed by atoms with E-state index in [9.17, 15) is 10.2 Å². The van der Waals surface area contributed by atoms with Crippen LogP contribution < -0.4 is 15.2 Å². The molecule has 1 aromatic rings. The highest BCUT2D eigenvalue weighted by Crippen LogP contribution is 2.31. The first kappa shape index (κ1) is 13.8. The smallest absolute Gasteiger partial charge is 0.161 e. The average Bonchev–Trinajstić information content (AvgIpc) is 2.37. The molecular formula is C12H19NO4. The van der Waals surface area contributed by atoms with Crippen molar-refractivity contribution in [2.45, 2.75) is 18.6 Å². The van der Waals surface area contributed by atoms with E-state index in [1.807, 2.05) is 0 Å². The quantitative estimate of drug-likeness (QED) is 0.673. The Kier molecular flexibility index (Phi) is 5.21. The van der Waals surface area contributed by atoms with Gasteiger partial charge in [-0.2, -0.15) is 0 Å². The van der Waals surface area contributed by atoms with E-state index in [0.717, 1.165) is 0 Å². The molecule has 0 radical (unpaired) electrons. The third kappa shape index (κ3) is 3.33. The molecule has 0 spiro atoms. The summed E-state index contributed by atoms with van der Waals surface area (Å²) in [5.74, 6) is 1.10.